The number of carbonyl (C=O) groups excluding carboxylic acids is 4. The largest absolute Gasteiger partial charge is 0.480 e. The van der Waals surface area contributed by atoms with E-state index >= 15 is 0 Å². The molecule has 0 radical (unpaired) electrons. The van der Waals surface area contributed by atoms with Crippen LogP contribution in [0.5, 0.6) is 11.5 Å². The Kier molecular flexibility index (Phi) is 9.73. The minimum absolute atomic E-state index is 0.0142. The summed E-state index contributed by atoms with van der Waals surface area (Å²) in [4.78, 5) is 58.7. The van der Waals surface area contributed by atoms with E-state index in [9.17, 15) is 24.0 Å². The molecule has 3 aromatic rings. The molecule has 0 atom stereocenters. The summed E-state index contributed by atoms with van der Waals surface area (Å²) in [7, 11) is 0. The monoisotopic (exact) mass is 528 g/mol. The first-order valence-corrected chi connectivity index (χ1v) is 11.7. The Morgan fingerprint density at radius 2 is 1.34 bits per heavy atom. The molecule has 5 N–H and O–H groups in total. The van der Waals surface area contributed by atoms with E-state index in [0.717, 1.165) is 0 Å². The number of hydrogen-bond acceptors (Lipinski definition) is 10. The first kappa shape index (κ1) is 28.1. The van der Waals surface area contributed by atoms with Gasteiger partial charge in [0.1, 0.15) is 5.78 Å². The van der Waals surface area contributed by atoms with Gasteiger partial charge in [-0.3, -0.25) is 14.4 Å². The van der Waals surface area contributed by atoms with Crippen molar-refractivity contribution in [3.8, 4) is 11.5 Å². The number of ether oxygens (including phenoxy) is 2. The number of Topliss-reactive ketones (excluding diaryl/α,β-unsaturated/α-hetero) is 2. The normalized spacial score (nSPS) is 10.8. The summed E-state index contributed by atoms with van der Waals surface area (Å²) in [6, 6.07) is 8.09. The van der Waals surface area contributed by atoms with Crippen LogP contribution in [0.25, 0.3) is 21.7 Å². The number of rotatable bonds is 13. The molecule has 1 aromatic heterocycles. The molecule has 202 valence electrons. The number of carboxylic acids is 1. The maximum Gasteiger partial charge on any atom is 0.412 e. The molecule has 0 spiro atoms. The van der Waals surface area contributed by atoms with Crippen LogP contribution in [0.2, 0.25) is 0 Å². The van der Waals surface area contributed by atoms with Crippen LogP contribution < -0.4 is 30.7 Å². The molecule has 13 heteroatoms. The molecule has 0 saturated heterocycles. The van der Waals surface area contributed by atoms with Crippen molar-refractivity contribution in [2.24, 2.45) is 0 Å². The molecule has 0 aliphatic heterocycles. The lowest BCUT2D eigenvalue weighted by Crippen LogP contribution is -2.35. The zero-order chi connectivity index (χ0) is 27.7. The molecule has 0 bridgehead atoms. The van der Waals surface area contributed by atoms with Crippen molar-refractivity contribution >= 4 is 51.5 Å². The highest BCUT2D eigenvalue weighted by molar-refractivity contribution is 6.12. The number of furan rings is 1. The molecule has 0 aliphatic carbocycles. The molecular weight excluding hydrogens is 500 g/mol. The van der Waals surface area contributed by atoms with Gasteiger partial charge in [-0.05, 0) is 13.0 Å². The van der Waals surface area contributed by atoms with Crippen LogP contribution in [0.15, 0.2) is 34.7 Å². The van der Waals surface area contributed by atoms with Gasteiger partial charge in [-0.15, -0.1) is 0 Å². The molecule has 0 aliphatic rings. The lowest BCUT2D eigenvalue weighted by molar-refractivity contribution is -0.136. The van der Waals surface area contributed by atoms with E-state index in [2.05, 4.69) is 21.3 Å². The summed E-state index contributed by atoms with van der Waals surface area (Å²) in [5.41, 5.74) is 0.0268. The number of carbonyl (C=O) groups is 5. The molecule has 0 fully saturated rings. The fourth-order valence-corrected chi connectivity index (χ4v) is 3.48. The summed E-state index contributed by atoms with van der Waals surface area (Å²) in [6.07, 6.45) is -1.61. The van der Waals surface area contributed by atoms with Crippen molar-refractivity contribution in [2.45, 2.75) is 13.8 Å². The fourth-order valence-electron chi connectivity index (χ4n) is 3.48. The van der Waals surface area contributed by atoms with Crippen LogP contribution in [0.4, 0.5) is 9.59 Å². The van der Waals surface area contributed by atoms with Gasteiger partial charge in [-0.1, -0.05) is 24.3 Å². The summed E-state index contributed by atoms with van der Waals surface area (Å²) in [5.74, 6) is -1.36. The fraction of sp³-hybridized carbons (Fsp3) is 0.320. The lowest BCUT2D eigenvalue weighted by atomic mass is 10.1. The maximum atomic E-state index is 12.6. The van der Waals surface area contributed by atoms with E-state index in [1.165, 1.54) is 19.9 Å². The number of aliphatic carboxylic acids is 1. The number of nitrogens with one attached hydrogen (secondary N) is 4. The summed E-state index contributed by atoms with van der Waals surface area (Å²) in [6.45, 7) is 3.49. The number of amides is 2. The van der Waals surface area contributed by atoms with E-state index in [1.54, 1.807) is 24.3 Å². The highest BCUT2D eigenvalue weighted by atomic mass is 16.6. The average molecular weight is 529 g/mol. The molecule has 2 amide bonds. The second-order valence-corrected chi connectivity index (χ2v) is 8.20. The summed E-state index contributed by atoms with van der Waals surface area (Å²) in [5, 5.41) is 20.3. The molecule has 0 unspecified atom stereocenters. The third-order valence-electron chi connectivity index (χ3n) is 5.13. The van der Waals surface area contributed by atoms with Gasteiger partial charge in [0.15, 0.2) is 28.6 Å². The van der Waals surface area contributed by atoms with E-state index in [4.69, 9.17) is 19.0 Å². The van der Waals surface area contributed by atoms with Gasteiger partial charge < -0.3 is 40.3 Å². The molecule has 1 heterocycles. The first-order valence-electron chi connectivity index (χ1n) is 11.7. The number of hydrogen-bond donors (Lipinski definition) is 5. The minimum Gasteiger partial charge on any atom is -0.480 e. The Bertz CT molecular complexity index is 1270. The van der Waals surface area contributed by atoms with Crippen molar-refractivity contribution in [2.75, 3.05) is 39.3 Å². The van der Waals surface area contributed by atoms with Gasteiger partial charge in [0.25, 0.3) is 0 Å². The Balaban J connectivity index is 1.87. The molecule has 13 nitrogen and oxygen atoms in total. The van der Waals surface area contributed by atoms with E-state index < -0.39 is 23.9 Å². The standard InChI is InChI=1S/C25H28N4O9/c1-14(30)12-26-7-9-28-24(34)37-21-16-5-3-4-6-17(16)22(23-18(21)11-19(36-23)15(2)31)38-25(35)29-10-8-27-13-20(32)33/h3-6,11,26-27H,7-10,12-13H2,1-2H3,(H,28,34)(H,29,35)(H,32,33). The minimum atomic E-state index is -1.03. The lowest BCUT2D eigenvalue weighted by Gasteiger charge is -2.14. The van der Waals surface area contributed by atoms with Crippen molar-refractivity contribution in [3.63, 3.8) is 0 Å². The van der Waals surface area contributed by atoms with Gasteiger partial charge in [0.05, 0.1) is 18.5 Å². The molecular formula is C25H28N4O9. The van der Waals surface area contributed by atoms with Crippen LogP contribution in [0.3, 0.4) is 0 Å². The average Bonchev–Trinajstić information content (AvgIpc) is 3.31. The predicted molar refractivity (Wildman–Crippen MR) is 136 cm³/mol. The highest BCUT2D eigenvalue weighted by Crippen LogP contribution is 2.44. The van der Waals surface area contributed by atoms with Crippen molar-refractivity contribution in [1.82, 2.24) is 21.3 Å². The number of carboxylic acid groups (broad SMARTS) is 1. The van der Waals surface area contributed by atoms with Gasteiger partial charge in [-0.25, -0.2) is 9.59 Å². The highest BCUT2D eigenvalue weighted by Gasteiger charge is 2.24. The van der Waals surface area contributed by atoms with Crippen LogP contribution in [0, 0.1) is 0 Å². The van der Waals surface area contributed by atoms with Crippen LogP contribution in [0.1, 0.15) is 24.4 Å². The molecule has 2 aromatic carbocycles. The van der Waals surface area contributed by atoms with E-state index in [-0.39, 0.29) is 66.7 Å². The van der Waals surface area contributed by atoms with E-state index in [1.807, 2.05) is 0 Å². The SMILES string of the molecule is CC(=O)CNCCNC(=O)Oc1c2ccccc2c(OC(=O)NCCNCC(=O)O)c2oc(C(C)=O)cc12. The van der Waals surface area contributed by atoms with Crippen molar-refractivity contribution in [3.05, 3.63) is 36.1 Å². The first-order chi connectivity index (χ1) is 18.2. The van der Waals surface area contributed by atoms with Crippen LogP contribution >= 0.6 is 0 Å². The Morgan fingerprint density at radius 3 is 1.89 bits per heavy atom. The number of ketones is 2. The Hall–Kier alpha value is -4.49. The quantitative estimate of drug-likeness (QED) is 0.161. The molecule has 38 heavy (non-hydrogen) atoms. The van der Waals surface area contributed by atoms with Gasteiger partial charge in [0.2, 0.25) is 0 Å². The van der Waals surface area contributed by atoms with Gasteiger partial charge in [0, 0.05) is 43.9 Å². The maximum absolute atomic E-state index is 12.6. The van der Waals surface area contributed by atoms with Gasteiger partial charge >= 0.3 is 18.2 Å². The third kappa shape index (κ3) is 7.51. The van der Waals surface area contributed by atoms with Crippen molar-refractivity contribution < 1.29 is 43.0 Å². The van der Waals surface area contributed by atoms with Crippen molar-refractivity contribution in [1.29, 1.82) is 0 Å². The summed E-state index contributed by atoms with van der Waals surface area (Å²) < 4.78 is 16.9. The smallest absolute Gasteiger partial charge is 0.412 e. The molecule has 0 saturated carbocycles. The second-order valence-electron chi connectivity index (χ2n) is 8.20. The van der Waals surface area contributed by atoms with E-state index in [0.29, 0.717) is 17.3 Å². The van der Waals surface area contributed by atoms with Crippen LogP contribution in [-0.2, 0) is 9.59 Å². The Labute approximate surface area is 216 Å². The van der Waals surface area contributed by atoms with Crippen LogP contribution in [-0.4, -0.2) is 74.1 Å². The number of benzene rings is 2. The number of fused-ring (bicyclic) bond motifs is 2. The van der Waals surface area contributed by atoms with Gasteiger partial charge in [-0.2, -0.15) is 0 Å². The summed E-state index contributed by atoms with van der Waals surface area (Å²) >= 11 is 0. The molecule has 3 rings (SSSR count). The zero-order valence-corrected chi connectivity index (χ0v) is 20.8. The zero-order valence-electron chi connectivity index (χ0n) is 20.8. The Morgan fingerprint density at radius 1 is 0.789 bits per heavy atom. The predicted octanol–water partition coefficient (Wildman–Crippen LogP) is 1.82. The second kappa shape index (κ2) is 13.2. The topological polar surface area (TPSA) is 185 Å². The third-order valence-corrected chi connectivity index (χ3v) is 5.13.